The van der Waals surface area contributed by atoms with Gasteiger partial charge in [-0.25, -0.2) is 0 Å². The van der Waals surface area contributed by atoms with E-state index in [4.69, 9.17) is 17.3 Å². The van der Waals surface area contributed by atoms with Gasteiger partial charge in [0.25, 0.3) is 0 Å². The zero-order valence-electron chi connectivity index (χ0n) is 10.4. The molecule has 1 heterocycles. The Morgan fingerprint density at radius 3 is 2.78 bits per heavy atom. The number of hydrogen-bond donors (Lipinski definition) is 1. The lowest BCUT2D eigenvalue weighted by atomic mass is 10.1. The van der Waals surface area contributed by atoms with Gasteiger partial charge in [0.15, 0.2) is 0 Å². The van der Waals surface area contributed by atoms with Gasteiger partial charge in [0.05, 0.1) is 10.7 Å². The number of thiophene rings is 1. The summed E-state index contributed by atoms with van der Waals surface area (Å²) < 4.78 is 0. The summed E-state index contributed by atoms with van der Waals surface area (Å²) in [4.78, 5) is 3.58. The molecule has 1 aromatic heterocycles. The van der Waals surface area contributed by atoms with Gasteiger partial charge in [-0.1, -0.05) is 29.8 Å². The van der Waals surface area contributed by atoms with E-state index in [2.05, 4.69) is 29.5 Å². The van der Waals surface area contributed by atoms with Crippen LogP contribution in [-0.4, -0.2) is 13.6 Å². The molecule has 0 aliphatic heterocycles. The summed E-state index contributed by atoms with van der Waals surface area (Å²) in [5, 5.41) is 2.88. The molecule has 0 bridgehead atoms. The molecule has 4 heteroatoms. The summed E-state index contributed by atoms with van der Waals surface area (Å²) in [6.45, 7) is 1.45. The van der Waals surface area contributed by atoms with Gasteiger partial charge >= 0.3 is 0 Å². The number of rotatable bonds is 5. The van der Waals surface area contributed by atoms with Crippen molar-refractivity contribution in [2.45, 2.75) is 13.0 Å². The number of hydrogen-bond acceptors (Lipinski definition) is 3. The maximum atomic E-state index is 6.27. The van der Waals surface area contributed by atoms with E-state index in [1.807, 2.05) is 18.2 Å². The molecular formula is C14H17ClN2S. The van der Waals surface area contributed by atoms with Crippen LogP contribution in [0.5, 0.6) is 0 Å². The quantitative estimate of drug-likeness (QED) is 0.908. The zero-order valence-corrected chi connectivity index (χ0v) is 12.0. The molecule has 0 atom stereocenters. The van der Waals surface area contributed by atoms with Crippen molar-refractivity contribution in [1.82, 2.24) is 0 Å². The Morgan fingerprint density at radius 2 is 2.11 bits per heavy atom. The van der Waals surface area contributed by atoms with Crippen molar-refractivity contribution >= 4 is 28.6 Å². The van der Waals surface area contributed by atoms with Crippen LogP contribution in [0.2, 0.25) is 5.02 Å². The smallest absolute Gasteiger partial charge is 0.0642 e. The summed E-state index contributed by atoms with van der Waals surface area (Å²) >= 11 is 8.06. The van der Waals surface area contributed by atoms with E-state index in [-0.39, 0.29) is 0 Å². The summed E-state index contributed by atoms with van der Waals surface area (Å²) in [6, 6.07) is 10.1. The molecule has 0 amide bonds. The summed E-state index contributed by atoms with van der Waals surface area (Å²) in [5.41, 5.74) is 7.91. The molecule has 2 nitrogen and oxygen atoms in total. The van der Waals surface area contributed by atoms with Crippen LogP contribution in [0.3, 0.4) is 0 Å². The van der Waals surface area contributed by atoms with Gasteiger partial charge in [0.2, 0.25) is 0 Å². The van der Waals surface area contributed by atoms with Crippen LogP contribution in [0.4, 0.5) is 5.69 Å². The van der Waals surface area contributed by atoms with Gasteiger partial charge in [0, 0.05) is 25.0 Å². The second-order valence-corrected chi connectivity index (χ2v) is 5.64. The standard InChI is InChI=1S/C14H17ClN2S/c1-17(8-7-12-5-3-9-18-12)14-11(10-16)4-2-6-13(14)15/h2-6,9H,7-8,10,16H2,1H3. The Kier molecular flexibility index (Phi) is 4.64. The average Bonchev–Trinajstić information content (AvgIpc) is 2.88. The summed E-state index contributed by atoms with van der Waals surface area (Å²) in [6.07, 6.45) is 1.03. The molecule has 18 heavy (non-hydrogen) atoms. The van der Waals surface area contributed by atoms with Crippen LogP contribution < -0.4 is 10.6 Å². The SMILES string of the molecule is CN(CCc1cccs1)c1c(Cl)cccc1CN. The molecule has 0 saturated carbocycles. The topological polar surface area (TPSA) is 29.3 Å². The van der Waals surface area contributed by atoms with Crippen LogP contribution >= 0.6 is 22.9 Å². The van der Waals surface area contributed by atoms with E-state index in [9.17, 15) is 0 Å². The summed E-state index contributed by atoms with van der Waals surface area (Å²) in [7, 11) is 2.06. The lowest BCUT2D eigenvalue weighted by Gasteiger charge is -2.23. The first kappa shape index (κ1) is 13.4. The Labute approximate surface area is 117 Å². The van der Waals surface area contributed by atoms with Crippen LogP contribution in [0, 0.1) is 0 Å². The monoisotopic (exact) mass is 280 g/mol. The number of benzene rings is 1. The molecule has 0 unspecified atom stereocenters. The normalized spacial score (nSPS) is 10.6. The van der Waals surface area contributed by atoms with Gasteiger partial charge in [-0.2, -0.15) is 0 Å². The van der Waals surface area contributed by atoms with Crippen molar-refractivity contribution in [1.29, 1.82) is 0 Å². The van der Waals surface area contributed by atoms with Gasteiger partial charge in [-0.3, -0.25) is 0 Å². The number of nitrogens with two attached hydrogens (primary N) is 1. The largest absolute Gasteiger partial charge is 0.373 e. The summed E-state index contributed by atoms with van der Waals surface area (Å²) in [5.74, 6) is 0. The van der Waals surface area contributed by atoms with Crippen molar-refractivity contribution in [3.63, 3.8) is 0 Å². The lowest BCUT2D eigenvalue weighted by molar-refractivity contribution is 0.875. The second kappa shape index (κ2) is 6.23. The molecule has 0 fully saturated rings. The highest BCUT2D eigenvalue weighted by atomic mass is 35.5. The van der Waals surface area contributed by atoms with Crippen molar-refractivity contribution < 1.29 is 0 Å². The van der Waals surface area contributed by atoms with Gasteiger partial charge in [-0.05, 0) is 29.5 Å². The highest BCUT2D eigenvalue weighted by Gasteiger charge is 2.10. The van der Waals surface area contributed by atoms with Crippen molar-refractivity contribution in [2.24, 2.45) is 5.73 Å². The highest BCUT2D eigenvalue weighted by Crippen LogP contribution is 2.29. The molecule has 96 valence electrons. The molecule has 2 rings (SSSR count). The van der Waals surface area contributed by atoms with Crippen LogP contribution in [0.1, 0.15) is 10.4 Å². The fourth-order valence-corrected chi connectivity index (χ4v) is 3.03. The maximum absolute atomic E-state index is 6.27. The maximum Gasteiger partial charge on any atom is 0.0642 e. The van der Waals surface area contributed by atoms with E-state index < -0.39 is 0 Å². The van der Waals surface area contributed by atoms with Crippen molar-refractivity contribution in [2.75, 3.05) is 18.5 Å². The molecule has 0 radical (unpaired) electrons. The minimum absolute atomic E-state index is 0.513. The number of nitrogens with zero attached hydrogens (tertiary/aromatic N) is 1. The third-order valence-electron chi connectivity index (χ3n) is 2.95. The molecule has 1 aromatic carbocycles. The fraction of sp³-hybridized carbons (Fsp3) is 0.286. The van der Waals surface area contributed by atoms with E-state index in [0.29, 0.717) is 6.54 Å². The number of halogens is 1. The minimum Gasteiger partial charge on any atom is -0.373 e. The van der Waals surface area contributed by atoms with Gasteiger partial charge < -0.3 is 10.6 Å². The molecule has 0 spiro atoms. The Balaban J connectivity index is 2.10. The first-order chi connectivity index (χ1) is 8.72. The van der Waals surface area contributed by atoms with Gasteiger partial charge in [0.1, 0.15) is 0 Å². The Bertz CT molecular complexity index is 497. The molecule has 0 aliphatic carbocycles. The molecule has 2 N–H and O–H groups in total. The van der Waals surface area contributed by atoms with E-state index in [1.165, 1.54) is 4.88 Å². The van der Waals surface area contributed by atoms with Crippen LogP contribution in [0.25, 0.3) is 0 Å². The van der Waals surface area contributed by atoms with Crippen LogP contribution in [-0.2, 0) is 13.0 Å². The predicted molar refractivity (Wildman–Crippen MR) is 80.6 cm³/mol. The van der Waals surface area contributed by atoms with Crippen LogP contribution in [0.15, 0.2) is 35.7 Å². The lowest BCUT2D eigenvalue weighted by Crippen LogP contribution is -2.22. The van der Waals surface area contributed by atoms with Crippen molar-refractivity contribution in [3.05, 3.63) is 51.2 Å². The fourth-order valence-electron chi connectivity index (χ4n) is 2.00. The third-order valence-corrected chi connectivity index (χ3v) is 4.19. The molecule has 0 aliphatic rings. The average molecular weight is 281 g/mol. The first-order valence-electron chi connectivity index (χ1n) is 5.93. The van der Waals surface area contributed by atoms with Gasteiger partial charge in [-0.15, -0.1) is 11.3 Å². The predicted octanol–water partition coefficient (Wildman–Crippen LogP) is 3.54. The Hall–Kier alpha value is -1.03. The highest BCUT2D eigenvalue weighted by molar-refractivity contribution is 7.09. The number of anilines is 1. The van der Waals surface area contributed by atoms with E-state index in [0.717, 1.165) is 29.2 Å². The first-order valence-corrected chi connectivity index (χ1v) is 7.19. The van der Waals surface area contributed by atoms with E-state index >= 15 is 0 Å². The second-order valence-electron chi connectivity index (χ2n) is 4.20. The zero-order chi connectivity index (χ0) is 13.0. The third kappa shape index (κ3) is 3.05. The molecule has 2 aromatic rings. The Morgan fingerprint density at radius 1 is 1.28 bits per heavy atom. The number of para-hydroxylation sites is 1. The molecule has 0 saturated heterocycles. The van der Waals surface area contributed by atoms with Crippen molar-refractivity contribution in [3.8, 4) is 0 Å². The number of likely N-dealkylation sites (N-methyl/N-ethyl adjacent to an activating group) is 1. The van der Waals surface area contributed by atoms with E-state index in [1.54, 1.807) is 11.3 Å². The molecular weight excluding hydrogens is 264 g/mol. The minimum atomic E-state index is 0.513.